The minimum atomic E-state index is -0.276. The zero-order valence-electron chi connectivity index (χ0n) is 13.7. The van der Waals surface area contributed by atoms with Crippen LogP contribution in [0.1, 0.15) is 30.5 Å². The number of hydrogen-bond acceptors (Lipinski definition) is 4. The Labute approximate surface area is 130 Å². The fraction of sp³-hybridized carbons (Fsp3) is 0.500. The summed E-state index contributed by atoms with van der Waals surface area (Å²) in [4.78, 5) is 14.2. The number of aryl methyl sites for hydroxylation is 2. The molecule has 0 radical (unpaired) electrons. The number of fused-ring (bicyclic) bond motifs is 1. The van der Waals surface area contributed by atoms with Crippen LogP contribution in [0.15, 0.2) is 27.4 Å². The molecule has 0 bridgehead atoms. The molecule has 3 rings (SSSR count). The summed E-state index contributed by atoms with van der Waals surface area (Å²) in [5.41, 5.74) is 3.73. The zero-order valence-corrected chi connectivity index (χ0v) is 13.7. The average molecular weight is 301 g/mol. The van der Waals surface area contributed by atoms with Crippen LogP contribution >= 0.6 is 0 Å². The molecule has 0 N–H and O–H groups in total. The van der Waals surface area contributed by atoms with Crippen molar-refractivity contribution in [1.29, 1.82) is 0 Å². The Morgan fingerprint density at radius 1 is 1.14 bits per heavy atom. The van der Waals surface area contributed by atoms with Gasteiger partial charge in [-0.15, -0.1) is 0 Å². The van der Waals surface area contributed by atoms with E-state index in [4.69, 9.17) is 9.15 Å². The minimum Gasteiger partial charge on any atom is -0.423 e. The van der Waals surface area contributed by atoms with Crippen molar-refractivity contribution in [3.05, 3.63) is 45.3 Å². The highest BCUT2D eigenvalue weighted by Crippen LogP contribution is 2.25. The number of rotatable bonds is 2. The van der Waals surface area contributed by atoms with Crippen LogP contribution in [0.2, 0.25) is 0 Å². The van der Waals surface area contributed by atoms with E-state index >= 15 is 0 Å². The molecular weight excluding hydrogens is 278 g/mol. The third kappa shape index (κ3) is 3.08. The smallest absolute Gasteiger partial charge is 0.336 e. The lowest BCUT2D eigenvalue weighted by molar-refractivity contribution is -0.0704. The largest absolute Gasteiger partial charge is 0.423 e. The van der Waals surface area contributed by atoms with Gasteiger partial charge in [0.25, 0.3) is 0 Å². The quantitative estimate of drug-likeness (QED) is 0.800. The molecule has 118 valence electrons. The molecule has 1 aromatic heterocycles. The number of ether oxygens (including phenoxy) is 1. The Morgan fingerprint density at radius 2 is 1.82 bits per heavy atom. The molecule has 1 aliphatic rings. The Balaban J connectivity index is 2.01. The van der Waals surface area contributed by atoms with Crippen molar-refractivity contribution >= 4 is 11.0 Å². The van der Waals surface area contributed by atoms with Gasteiger partial charge in [-0.1, -0.05) is 6.07 Å². The Bertz CT molecular complexity index is 740. The molecule has 2 aromatic rings. The number of benzene rings is 1. The summed E-state index contributed by atoms with van der Waals surface area (Å²) in [6, 6.07) is 5.71. The number of hydrogen-bond donors (Lipinski definition) is 0. The molecule has 1 fully saturated rings. The van der Waals surface area contributed by atoms with Crippen LogP contribution < -0.4 is 5.63 Å². The van der Waals surface area contributed by atoms with Gasteiger partial charge in [0.2, 0.25) is 0 Å². The molecule has 0 spiro atoms. The van der Waals surface area contributed by atoms with Crippen molar-refractivity contribution in [3.63, 3.8) is 0 Å². The van der Waals surface area contributed by atoms with Gasteiger partial charge in [-0.2, -0.15) is 0 Å². The van der Waals surface area contributed by atoms with E-state index in [0.717, 1.165) is 41.7 Å². The monoisotopic (exact) mass is 301 g/mol. The van der Waals surface area contributed by atoms with Gasteiger partial charge in [-0.05, 0) is 50.5 Å². The topological polar surface area (TPSA) is 42.7 Å². The molecule has 0 aliphatic carbocycles. The standard InChI is InChI=1S/C18H23NO3/c1-11-5-12(2)18-15(7-17(20)22-16(18)6-11)10-19-8-13(3)21-14(4)9-19/h5-7,13-14H,8-10H2,1-4H3. The van der Waals surface area contributed by atoms with E-state index in [1.54, 1.807) is 6.07 Å². The van der Waals surface area contributed by atoms with Crippen molar-refractivity contribution in [3.8, 4) is 0 Å². The number of morpholine rings is 1. The van der Waals surface area contributed by atoms with E-state index < -0.39 is 0 Å². The highest BCUT2D eigenvalue weighted by Gasteiger charge is 2.23. The molecule has 4 heteroatoms. The highest BCUT2D eigenvalue weighted by atomic mass is 16.5. The second-order valence-corrected chi connectivity index (χ2v) is 6.50. The average Bonchev–Trinajstić information content (AvgIpc) is 2.35. The second kappa shape index (κ2) is 5.86. The van der Waals surface area contributed by atoms with E-state index in [1.807, 2.05) is 13.0 Å². The molecule has 1 aliphatic heterocycles. The maximum atomic E-state index is 11.9. The normalized spacial score (nSPS) is 23.1. The maximum Gasteiger partial charge on any atom is 0.336 e. The summed E-state index contributed by atoms with van der Waals surface area (Å²) in [6.07, 6.45) is 0.442. The summed E-state index contributed by atoms with van der Waals surface area (Å²) in [5, 5.41) is 1.07. The molecule has 22 heavy (non-hydrogen) atoms. The van der Waals surface area contributed by atoms with E-state index in [-0.39, 0.29) is 17.8 Å². The Morgan fingerprint density at radius 3 is 2.50 bits per heavy atom. The van der Waals surface area contributed by atoms with Crippen LogP contribution in [0, 0.1) is 13.8 Å². The summed E-state index contributed by atoms with van der Waals surface area (Å²) in [6.45, 7) is 10.8. The van der Waals surface area contributed by atoms with E-state index in [0.29, 0.717) is 5.58 Å². The van der Waals surface area contributed by atoms with Crippen LogP contribution in [-0.2, 0) is 11.3 Å². The third-order valence-electron chi connectivity index (χ3n) is 4.16. The van der Waals surface area contributed by atoms with Crippen LogP contribution in [-0.4, -0.2) is 30.2 Å². The Kier molecular flexibility index (Phi) is 4.06. The lowest BCUT2D eigenvalue weighted by Gasteiger charge is -2.35. The van der Waals surface area contributed by atoms with Crippen LogP contribution in [0.5, 0.6) is 0 Å². The third-order valence-corrected chi connectivity index (χ3v) is 4.16. The SMILES string of the molecule is Cc1cc(C)c2c(CN3CC(C)OC(C)C3)cc(=O)oc2c1. The molecular formula is C18H23NO3. The first-order valence-corrected chi connectivity index (χ1v) is 7.84. The lowest BCUT2D eigenvalue weighted by atomic mass is 10.0. The molecule has 0 saturated carbocycles. The fourth-order valence-corrected chi connectivity index (χ4v) is 3.55. The summed E-state index contributed by atoms with van der Waals surface area (Å²) in [7, 11) is 0. The van der Waals surface area contributed by atoms with Gasteiger partial charge in [0, 0.05) is 31.1 Å². The summed E-state index contributed by atoms with van der Waals surface area (Å²) < 4.78 is 11.2. The van der Waals surface area contributed by atoms with Gasteiger partial charge in [-0.25, -0.2) is 4.79 Å². The first-order valence-electron chi connectivity index (χ1n) is 7.84. The Hall–Kier alpha value is -1.65. The van der Waals surface area contributed by atoms with Crippen molar-refractivity contribution in [2.75, 3.05) is 13.1 Å². The van der Waals surface area contributed by atoms with Crippen molar-refractivity contribution in [2.24, 2.45) is 0 Å². The molecule has 1 saturated heterocycles. The first kappa shape index (κ1) is 15.3. The molecule has 2 unspecified atom stereocenters. The van der Waals surface area contributed by atoms with Gasteiger partial charge in [0.1, 0.15) is 5.58 Å². The molecule has 2 atom stereocenters. The van der Waals surface area contributed by atoms with Crippen LogP contribution in [0.25, 0.3) is 11.0 Å². The van der Waals surface area contributed by atoms with Crippen LogP contribution in [0.4, 0.5) is 0 Å². The fourth-order valence-electron chi connectivity index (χ4n) is 3.55. The molecule has 0 amide bonds. The minimum absolute atomic E-state index is 0.221. The van der Waals surface area contributed by atoms with Gasteiger partial charge in [0.05, 0.1) is 12.2 Å². The van der Waals surface area contributed by atoms with Crippen molar-refractivity contribution < 1.29 is 9.15 Å². The highest BCUT2D eigenvalue weighted by molar-refractivity contribution is 5.84. The lowest BCUT2D eigenvalue weighted by Crippen LogP contribution is -2.44. The van der Waals surface area contributed by atoms with E-state index in [9.17, 15) is 4.79 Å². The van der Waals surface area contributed by atoms with E-state index in [1.165, 1.54) is 0 Å². The molecule has 1 aromatic carbocycles. The number of nitrogens with zero attached hydrogens (tertiary/aromatic N) is 1. The molecule has 2 heterocycles. The zero-order chi connectivity index (χ0) is 15.9. The first-order chi connectivity index (χ1) is 10.4. The second-order valence-electron chi connectivity index (χ2n) is 6.50. The van der Waals surface area contributed by atoms with Gasteiger partial charge in [-0.3, -0.25) is 4.90 Å². The van der Waals surface area contributed by atoms with Gasteiger partial charge < -0.3 is 9.15 Å². The summed E-state index contributed by atoms with van der Waals surface area (Å²) >= 11 is 0. The van der Waals surface area contributed by atoms with Gasteiger partial charge in [0.15, 0.2) is 0 Å². The summed E-state index contributed by atoms with van der Waals surface area (Å²) in [5.74, 6) is 0. The van der Waals surface area contributed by atoms with Crippen molar-refractivity contribution in [2.45, 2.75) is 46.4 Å². The van der Waals surface area contributed by atoms with Gasteiger partial charge >= 0.3 is 5.63 Å². The van der Waals surface area contributed by atoms with Crippen molar-refractivity contribution in [1.82, 2.24) is 4.90 Å². The molecule has 4 nitrogen and oxygen atoms in total. The van der Waals surface area contributed by atoms with Crippen LogP contribution in [0.3, 0.4) is 0 Å². The predicted octanol–water partition coefficient (Wildman–Crippen LogP) is 3.02. The van der Waals surface area contributed by atoms with E-state index in [2.05, 4.69) is 31.7 Å². The maximum absolute atomic E-state index is 11.9. The predicted molar refractivity (Wildman–Crippen MR) is 87.2 cm³/mol.